The fourth-order valence-electron chi connectivity index (χ4n) is 3.80. The summed E-state index contributed by atoms with van der Waals surface area (Å²) in [7, 11) is 0. The lowest BCUT2D eigenvalue weighted by molar-refractivity contribution is 0.0816. The van der Waals surface area contributed by atoms with Crippen LogP contribution in [0.3, 0.4) is 0 Å². The van der Waals surface area contributed by atoms with Gasteiger partial charge >= 0.3 is 0 Å². The largest absolute Gasteiger partial charge is 0.351 e. The predicted octanol–water partition coefficient (Wildman–Crippen LogP) is 2.49. The molecule has 146 valence electrons. The zero-order valence-electron chi connectivity index (χ0n) is 15.8. The fraction of sp³-hybridized carbons (Fsp3) is 0.400. The molecule has 0 bridgehead atoms. The van der Waals surface area contributed by atoms with E-state index >= 15 is 0 Å². The van der Waals surface area contributed by atoms with Crippen molar-refractivity contribution in [2.45, 2.75) is 44.6 Å². The molecule has 0 saturated heterocycles. The quantitative estimate of drug-likeness (QED) is 0.707. The first-order valence-electron chi connectivity index (χ1n) is 9.53. The van der Waals surface area contributed by atoms with E-state index in [9.17, 15) is 9.59 Å². The SMILES string of the molecule is Cc1cc(C(=O)NCC2(NC(=O)c3ccc4cccnn34)CCCCC2)on1. The number of nitrogens with one attached hydrogen (secondary N) is 2. The highest BCUT2D eigenvalue weighted by Crippen LogP contribution is 2.28. The van der Waals surface area contributed by atoms with Gasteiger partial charge in [-0.05, 0) is 44.0 Å². The summed E-state index contributed by atoms with van der Waals surface area (Å²) in [6.45, 7) is 2.10. The maximum Gasteiger partial charge on any atom is 0.289 e. The Balaban J connectivity index is 1.50. The van der Waals surface area contributed by atoms with E-state index in [-0.39, 0.29) is 17.6 Å². The van der Waals surface area contributed by atoms with E-state index in [0.29, 0.717) is 17.9 Å². The number of nitrogens with zero attached hydrogens (tertiary/aromatic N) is 3. The fourth-order valence-corrected chi connectivity index (χ4v) is 3.80. The van der Waals surface area contributed by atoms with E-state index in [1.807, 2.05) is 18.2 Å². The summed E-state index contributed by atoms with van der Waals surface area (Å²) >= 11 is 0. The van der Waals surface area contributed by atoms with Crippen LogP contribution in [0.5, 0.6) is 0 Å². The molecule has 3 heterocycles. The summed E-state index contributed by atoms with van der Waals surface area (Å²) in [6, 6.07) is 8.97. The number of amides is 2. The van der Waals surface area contributed by atoms with Crippen LogP contribution in [0.1, 0.15) is 58.8 Å². The molecule has 0 unspecified atom stereocenters. The lowest BCUT2D eigenvalue weighted by Gasteiger charge is -2.38. The Morgan fingerprint density at radius 3 is 2.75 bits per heavy atom. The van der Waals surface area contributed by atoms with E-state index in [2.05, 4.69) is 20.9 Å². The third-order valence-electron chi connectivity index (χ3n) is 5.28. The summed E-state index contributed by atoms with van der Waals surface area (Å²) in [5, 5.41) is 14.1. The molecule has 1 saturated carbocycles. The monoisotopic (exact) mass is 381 g/mol. The van der Waals surface area contributed by atoms with Crippen LogP contribution in [-0.2, 0) is 0 Å². The minimum absolute atomic E-state index is 0.177. The van der Waals surface area contributed by atoms with Crippen molar-refractivity contribution in [3.63, 3.8) is 0 Å². The van der Waals surface area contributed by atoms with Crippen LogP contribution in [-0.4, -0.2) is 38.7 Å². The van der Waals surface area contributed by atoms with Gasteiger partial charge in [0.15, 0.2) is 0 Å². The normalized spacial score (nSPS) is 16.0. The van der Waals surface area contributed by atoms with Crippen LogP contribution in [0, 0.1) is 6.92 Å². The van der Waals surface area contributed by atoms with Gasteiger partial charge in [-0.25, -0.2) is 4.52 Å². The highest BCUT2D eigenvalue weighted by atomic mass is 16.5. The van der Waals surface area contributed by atoms with Crippen molar-refractivity contribution in [1.29, 1.82) is 0 Å². The average molecular weight is 381 g/mol. The van der Waals surface area contributed by atoms with Gasteiger partial charge in [0.25, 0.3) is 11.8 Å². The molecule has 2 N–H and O–H groups in total. The van der Waals surface area contributed by atoms with Gasteiger partial charge in [-0.1, -0.05) is 24.4 Å². The molecule has 0 aromatic carbocycles. The van der Waals surface area contributed by atoms with Gasteiger partial charge in [-0.3, -0.25) is 9.59 Å². The molecule has 8 nitrogen and oxygen atoms in total. The Bertz CT molecular complexity index is 1000. The molecule has 3 aromatic heterocycles. The molecule has 2 amide bonds. The number of hydrogen-bond acceptors (Lipinski definition) is 5. The molecule has 0 radical (unpaired) electrons. The number of aromatic nitrogens is 3. The van der Waals surface area contributed by atoms with Crippen LogP contribution < -0.4 is 10.6 Å². The molecule has 0 spiro atoms. The van der Waals surface area contributed by atoms with Crippen molar-refractivity contribution in [2.24, 2.45) is 0 Å². The van der Waals surface area contributed by atoms with Crippen molar-refractivity contribution in [1.82, 2.24) is 25.4 Å². The predicted molar refractivity (Wildman–Crippen MR) is 102 cm³/mol. The van der Waals surface area contributed by atoms with Gasteiger partial charge in [-0.15, -0.1) is 0 Å². The summed E-state index contributed by atoms with van der Waals surface area (Å²) in [4.78, 5) is 25.4. The van der Waals surface area contributed by atoms with Crippen LogP contribution in [0.4, 0.5) is 0 Å². The number of rotatable bonds is 5. The number of fused-ring (bicyclic) bond motifs is 1. The first-order chi connectivity index (χ1) is 13.6. The van der Waals surface area contributed by atoms with Gasteiger partial charge < -0.3 is 15.2 Å². The number of hydrogen-bond donors (Lipinski definition) is 2. The lowest BCUT2D eigenvalue weighted by Crippen LogP contribution is -2.56. The van der Waals surface area contributed by atoms with Gasteiger partial charge in [-0.2, -0.15) is 5.10 Å². The standard InChI is InChI=1S/C20H23N5O3/c1-14-12-17(28-24-14)19(27)21-13-20(9-3-2-4-10-20)23-18(26)16-8-7-15-6-5-11-22-25(15)16/h5-8,11-12H,2-4,9-10,13H2,1H3,(H,21,27)(H,23,26). The average Bonchev–Trinajstić information content (AvgIpc) is 3.33. The second-order valence-electron chi connectivity index (χ2n) is 7.39. The smallest absolute Gasteiger partial charge is 0.289 e. The Labute approximate surface area is 162 Å². The lowest BCUT2D eigenvalue weighted by atomic mass is 9.81. The molecule has 1 fully saturated rings. The zero-order valence-corrected chi connectivity index (χ0v) is 15.8. The Morgan fingerprint density at radius 2 is 2.00 bits per heavy atom. The third-order valence-corrected chi connectivity index (χ3v) is 5.28. The Morgan fingerprint density at radius 1 is 1.18 bits per heavy atom. The minimum Gasteiger partial charge on any atom is -0.351 e. The van der Waals surface area contributed by atoms with Crippen LogP contribution in [0.2, 0.25) is 0 Å². The highest BCUT2D eigenvalue weighted by molar-refractivity contribution is 5.94. The van der Waals surface area contributed by atoms with E-state index in [1.165, 1.54) is 0 Å². The molecule has 4 rings (SSSR count). The van der Waals surface area contributed by atoms with Crippen molar-refractivity contribution >= 4 is 17.3 Å². The minimum atomic E-state index is -0.487. The van der Waals surface area contributed by atoms with E-state index in [4.69, 9.17) is 4.52 Å². The van der Waals surface area contributed by atoms with Crippen LogP contribution in [0.15, 0.2) is 41.1 Å². The number of carbonyl (C=O) groups excluding carboxylic acids is 2. The van der Waals surface area contributed by atoms with Crippen LogP contribution in [0.25, 0.3) is 5.52 Å². The van der Waals surface area contributed by atoms with Crippen molar-refractivity contribution in [3.8, 4) is 0 Å². The Hall–Kier alpha value is -3.16. The molecule has 3 aromatic rings. The zero-order chi connectivity index (χ0) is 19.6. The molecule has 8 heteroatoms. The molecular weight excluding hydrogens is 358 g/mol. The Kier molecular flexibility index (Phi) is 4.85. The van der Waals surface area contributed by atoms with Crippen molar-refractivity contribution in [3.05, 3.63) is 53.7 Å². The molecule has 0 aliphatic heterocycles. The van der Waals surface area contributed by atoms with E-state index in [1.54, 1.807) is 29.8 Å². The van der Waals surface area contributed by atoms with Gasteiger partial charge in [0, 0.05) is 18.8 Å². The first-order valence-corrected chi connectivity index (χ1v) is 9.53. The number of aryl methyl sites for hydroxylation is 1. The second kappa shape index (κ2) is 7.46. The highest BCUT2D eigenvalue weighted by Gasteiger charge is 2.35. The third kappa shape index (κ3) is 3.62. The van der Waals surface area contributed by atoms with Crippen molar-refractivity contribution in [2.75, 3.05) is 6.54 Å². The maximum atomic E-state index is 13.0. The summed E-state index contributed by atoms with van der Waals surface area (Å²) < 4.78 is 6.65. The van der Waals surface area contributed by atoms with Crippen LogP contribution >= 0.6 is 0 Å². The molecule has 28 heavy (non-hydrogen) atoms. The van der Waals surface area contributed by atoms with E-state index < -0.39 is 5.54 Å². The maximum absolute atomic E-state index is 13.0. The summed E-state index contributed by atoms with van der Waals surface area (Å²) in [5.74, 6) is -0.337. The van der Waals surface area contributed by atoms with Crippen molar-refractivity contribution < 1.29 is 14.1 Å². The molecular formula is C20H23N5O3. The summed E-state index contributed by atoms with van der Waals surface area (Å²) in [5.41, 5.74) is 1.51. The molecule has 1 aliphatic rings. The van der Waals surface area contributed by atoms with Gasteiger partial charge in [0.05, 0.1) is 16.7 Å². The van der Waals surface area contributed by atoms with Gasteiger partial charge in [0.1, 0.15) is 5.69 Å². The first kappa shape index (κ1) is 18.2. The number of carbonyl (C=O) groups is 2. The van der Waals surface area contributed by atoms with Gasteiger partial charge in [0.2, 0.25) is 5.76 Å². The van der Waals surface area contributed by atoms with E-state index in [0.717, 1.165) is 37.6 Å². The second-order valence-corrected chi connectivity index (χ2v) is 7.39. The summed E-state index contributed by atoms with van der Waals surface area (Å²) in [6.07, 6.45) is 6.41. The topological polar surface area (TPSA) is 102 Å². The molecule has 0 atom stereocenters. The molecule has 1 aliphatic carbocycles.